The maximum absolute atomic E-state index is 10.9. The van der Waals surface area contributed by atoms with Crippen LogP contribution in [0.4, 0.5) is 0 Å². The molecule has 0 radical (unpaired) electrons. The Morgan fingerprint density at radius 2 is 1.80 bits per heavy atom. The summed E-state index contributed by atoms with van der Waals surface area (Å²) >= 11 is 0. The van der Waals surface area contributed by atoms with Crippen LogP contribution in [0.25, 0.3) is 0 Å². The van der Waals surface area contributed by atoms with Crippen molar-refractivity contribution in [2.75, 3.05) is 0 Å². The summed E-state index contributed by atoms with van der Waals surface area (Å²) in [4.78, 5) is 10.9. The molecule has 0 saturated heterocycles. The van der Waals surface area contributed by atoms with Crippen molar-refractivity contribution in [3.05, 3.63) is 41.0 Å². The van der Waals surface area contributed by atoms with Crippen LogP contribution in [0.15, 0.2) is 24.3 Å². The molecule has 6 N–H and O–H groups in total. The first-order chi connectivity index (χ1) is 11.8. The normalized spacial score (nSPS) is 19.1. The average Bonchev–Trinajstić information content (AvgIpc) is 2.54. The highest BCUT2D eigenvalue weighted by molar-refractivity contribution is 5.74. The van der Waals surface area contributed by atoms with E-state index < -0.39 is 36.1 Å². The molecule has 0 fully saturated rings. The average molecular weight is 348 g/mol. The molecule has 1 aliphatic rings. The highest BCUT2D eigenvalue weighted by atomic mass is 16.5. The highest BCUT2D eigenvalue weighted by Gasteiger charge is 2.34. The van der Waals surface area contributed by atoms with Crippen molar-refractivity contribution in [3.63, 3.8) is 0 Å². The van der Waals surface area contributed by atoms with Crippen molar-refractivity contribution >= 4 is 5.97 Å². The summed E-state index contributed by atoms with van der Waals surface area (Å²) in [6.07, 6.45) is -2.61. The molecule has 2 aromatic carbocycles. The number of carbonyl (C=O) groups is 1. The number of aliphatic hydroxyl groups excluding tert-OH is 1. The minimum atomic E-state index is -1.22. The molecule has 132 valence electrons. The number of carboxylic acid groups (broad SMARTS) is 1. The number of ether oxygens (including phenoxy) is 1. The van der Waals surface area contributed by atoms with Crippen molar-refractivity contribution in [1.29, 1.82) is 0 Å². The summed E-state index contributed by atoms with van der Waals surface area (Å²) in [5.41, 5.74) is 0.436. The number of phenols is 4. The van der Waals surface area contributed by atoms with Gasteiger partial charge in [-0.3, -0.25) is 4.79 Å². The van der Waals surface area contributed by atoms with Gasteiger partial charge in [0, 0.05) is 23.6 Å². The number of carboxylic acids is 1. The molecular weight excluding hydrogens is 332 g/mol. The lowest BCUT2D eigenvalue weighted by Crippen LogP contribution is -2.30. The van der Waals surface area contributed by atoms with E-state index >= 15 is 0 Å². The topological polar surface area (TPSA) is 148 Å². The van der Waals surface area contributed by atoms with Gasteiger partial charge in [-0.2, -0.15) is 0 Å². The van der Waals surface area contributed by atoms with E-state index in [0.29, 0.717) is 5.56 Å². The molecule has 3 rings (SSSR count). The number of hydrogen-bond donors (Lipinski definition) is 6. The quantitative estimate of drug-likeness (QED) is 0.453. The van der Waals surface area contributed by atoms with E-state index in [9.17, 15) is 30.3 Å². The minimum absolute atomic E-state index is 0.0413. The van der Waals surface area contributed by atoms with Crippen LogP contribution in [0, 0.1) is 0 Å². The SMILES string of the molecule is O=C(O)Cc1c(O)cc2c(c1O)C[C@H](O)[C@@H](c1ccc(O)c(O)c1)O2. The summed E-state index contributed by atoms with van der Waals surface area (Å²) in [6, 6.07) is 5.15. The number of rotatable bonds is 3. The molecule has 25 heavy (non-hydrogen) atoms. The fourth-order valence-electron chi connectivity index (χ4n) is 2.89. The van der Waals surface area contributed by atoms with Gasteiger partial charge >= 0.3 is 5.97 Å². The lowest BCUT2D eigenvalue weighted by Gasteiger charge is -2.32. The van der Waals surface area contributed by atoms with Crippen LogP contribution < -0.4 is 4.74 Å². The molecule has 0 bridgehead atoms. The Bertz CT molecular complexity index is 845. The Balaban J connectivity index is 2.00. The molecule has 2 aromatic rings. The van der Waals surface area contributed by atoms with Crippen LogP contribution >= 0.6 is 0 Å². The van der Waals surface area contributed by atoms with Crippen molar-refractivity contribution in [2.45, 2.75) is 25.0 Å². The van der Waals surface area contributed by atoms with Gasteiger partial charge in [-0.25, -0.2) is 0 Å². The molecule has 0 spiro atoms. The van der Waals surface area contributed by atoms with Gasteiger partial charge < -0.3 is 35.4 Å². The van der Waals surface area contributed by atoms with E-state index in [2.05, 4.69) is 0 Å². The third-order valence-electron chi connectivity index (χ3n) is 4.12. The first-order valence-electron chi connectivity index (χ1n) is 7.43. The summed E-state index contributed by atoms with van der Waals surface area (Å²) in [7, 11) is 0. The fourth-order valence-corrected chi connectivity index (χ4v) is 2.89. The second-order valence-corrected chi connectivity index (χ2v) is 5.83. The summed E-state index contributed by atoms with van der Waals surface area (Å²) in [5.74, 6) is -2.66. The zero-order valence-electron chi connectivity index (χ0n) is 12.9. The van der Waals surface area contributed by atoms with E-state index in [4.69, 9.17) is 9.84 Å². The lowest BCUT2D eigenvalue weighted by atomic mass is 9.92. The van der Waals surface area contributed by atoms with Crippen molar-refractivity contribution in [2.24, 2.45) is 0 Å². The van der Waals surface area contributed by atoms with Gasteiger partial charge in [-0.15, -0.1) is 0 Å². The molecule has 8 heteroatoms. The van der Waals surface area contributed by atoms with Crippen LogP contribution in [0.1, 0.15) is 22.8 Å². The monoisotopic (exact) mass is 348 g/mol. The third-order valence-corrected chi connectivity index (χ3v) is 4.12. The van der Waals surface area contributed by atoms with Crippen LogP contribution in [0.3, 0.4) is 0 Å². The molecule has 1 aliphatic heterocycles. The Morgan fingerprint density at radius 3 is 2.44 bits per heavy atom. The number of hydrogen-bond acceptors (Lipinski definition) is 7. The molecule has 2 atom stereocenters. The van der Waals surface area contributed by atoms with Gasteiger partial charge in [0.25, 0.3) is 0 Å². The maximum Gasteiger partial charge on any atom is 0.308 e. The summed E-state index contributed by atoms with van der Waals surface area (Å²) in [6.45, 7) is 0. The molecule has 1 heterocycles. The van der Waals surface area contributed by atoms with Crippen LogP contribution in [-0.2, 0) is 17.6 Å². The van der Waals surface area contributed by atoms with Crippen LogP contribution in [0.5, 0.6) is 28.7 Å². The Hall–Kier alpha value is -3.13. The van der Waals surface area contributed by atoms with Gasteiger partial charge in [0.15, 0.2) is 11.5 Å². The van der Waals surface area contributed by atoms with Gasteiger partial charge in [0.1, 0.15) is 23.4 Å². The number of phenolic OH excluding ortho intramolecular Hbond substituents is 4. The standard InChI is InChI=1S/C17H16O8/c18-10-2-1-7(3-12(10)20)17-13(21)4-9-14(25-17)6-11(19)8(16(9)24)5-15(22)23/h1-3,6,13,17-21,24H,4-5H2,(H,22,23)/t13-,17+/m0/s1. The number of aromatic hydroxyl groups is 4. The van der Waals surface area contributed by atoms with E-state index in [-0.39, 0.29) is 34.8 Å². The van der Waals surface area contributed by atoms with E-state index in [1.165, 1.54) is 24.3 Å². The molecule has 0 aromatic heterocycles. The zero-order chi connectivity index (χ0) is 18.3. The fraction of sp³-hybridized carbons (Fsp3) is 0.235. The lowest BCUT2D eigenvalue weighted by molar-refractivity contribution is -0.136. The molecule has 8 nitrogen and oxygen atoms in total. The minimum Gasteiger partial charge on any atom is -0.507 e. The molecule has 0 unspecified atom stereocenters. The van der Waals surface area contributed by atoms with E-state index in [1.807, 2.05) is 0 Å². The number of aliphatic carboxylic acids is 1. The van der Waals surface area contributed by atoms with Gasteiger partial charge in [-0.1, -0.05) is 6.07 Å². The van der Waals surface area contributed by atoms with Crippen LogP contribution in [0.2, 0.25) is 0 Å². The van der Waals surface area contributed by atoms with Crippen LogP contribution in [-0.4, -0.2) is 42.7 Å². The van der Waals surface area contributed by atoms with Crippen molar-refractivity contribution in [1.82, 2.24) is 0 Å². The predicted octanol–water partition coefficient (Wildman–Crippen LogP) is 1.17. The molecule has 0 aliphatic carbocycles. The van der Waals surface area contributed by atoms with E-state index in [0.717, 1.165) is 0 Å². The molecule has 0 saturated carbocycles. The molecule has 0 amide bonds. The highest BCUT2D eigenvalue weighted by Crippen LogP contribution is 2.45. The smallest absolute Gasteiger partial charge is 0.308 e. The van der Waals surface area contributed by atoms with Crippen molar-refractivity contribution in [3.8, 4) is 28.7 Å². The largest absolute Gasteiger partial charge is 0.507 e. The zero-order valence-corrected chi connectivity index (χ0v) is 12.9. The number of fused-ring (bicyclic) bond motifs is 1. The van der Waals surface area contributed by atoms with Gasteiger partial charge in [-0.05, 0) is 17.7 Å². The van der Waals surface area contributed by atoms with Gasteiger partial charge in [0.2, 0.25) is 0 Å². The maximum atomic E-state index is 10.9. The first-order valence-corrected chi connectivity index (χ1v) is 7.43. The first kappa shape index (κ1) is 16.7. The van der Waals surface area contributed by atoms with Gasteiger partial charge in [0.05, 0.1) is 12.5 Å². The third kappa shape index (κ3) is 2.99. The van der Waals surface area contributed by atoms with Crippen molar-refractivity contribution < 1.29 is 40.2 Å². The number of benzene rings is 2. The van der Waals surface area contributed by atoms with E-state index in [1.54, 1.807) is 0 Å². The summed E-state index contributed by atoms with van der Waals surface area (Å²) in [5, 5.41) is 58.4. The Kier molecular flexibility index (Phi) is 4.05. The Morgan fingerprint density at radius 1 is 1.08 bits per heavy atom. The Labute approximate surface area is 141 Å². The second-order valence-electron chi connectivity index (χ2n) is 5.83. The number of aliphatic hydroxyl groups is 1. The summed E-state index contributed by atoms with van der Waals surface area (Å²) < 4.78 is 5.64. The predicted molar refractivity (Wildman–Crippen MR) is 84.0 cm³/mol. The second kappa shape index (κ2) is 6.06. The molecular formula is C17H16O8.